The summed E-state index contributed by atoms with van der Waals surface area (Å²) in [5.41, 5.74) is 3.50. The molecule has 0 aromatic rings. The fourth-order valence-corrected chi connectivity index (χ4v) is 14.6. The lowest BCUT2D eigenvalue weighted by atomic mass is 9.30. The normalized spacial score (nSPS) is 61.5. The quantitative estimate of drug-likeness (QED) is 0.323. The molecule has 0 heterocycles. The van der Waals surface area contributed by atoms with E-state index < -0.39 is 0 Å². The lowest BCUT2D eigenvalue weighted by molar-refractivity contribution is -0.254. The van der Waals surface area contributed by atoms with Crippen molar-refractivity contribution < 1.29 is 0 Å². The Bertz CT molecular complexity index is 854. The van der Waals surface area contributed by atoms with E-state index in [9.17, 15) is 0 Å². The predicted molar refractivity (Wildman–Crippen MR) is 150 cm³/mol. The van der Waals surface area contributed by atoms with Crippen molar-refractivity contribution in [1.82, 2.24) is 0 Å². The van der Waals surface area contributed by atoms with E-state index in [1.54, 1.807) is 0 Å². The Balaban J connectivity index is 1.35. The highest BCUT2D eigenvalue weighted by atomic mass is 14.7. The molecule has 0 unspecified atom stereocenters. The molecule has 6 aliphatic rings. The summed E-state index contributed by atoms with van der Waals surface area (Å²) < 4.78 is 0. The molecule has 0 nitrogen and oxygen atoms in total. The topological polar surface area (TPSA) is 0 Å². The molecule has 0 amide bonds. The molecule has 0 aromatic carbocycles. The highest BCUT2D eigenvalue weighted by Gasteiger charge is 2.70. The van der Waals surface area contributed by atoms with E-state index in [1.165, 1.54) is 83.5 Å². The van der Waals surface area contributed by atoms with E-state index in [1.807, 2.05) is 0 Å². The molecular formula is C35H60. The molecule has 6 aliphatic carbocycles. The van der Waals surface area contributed by atoms with Gasteiger partial charge in [-0.15, -0.1) is 0 Å². The molecule has 0 spiro atoms. The van der Waals surface area contributed by atoms with Gasteiger partial charge >= 0.3 is 0 Å². The second-order valence-electron chi connectivity index (χ2n) is 17.6. The van der Waals surface area contributed by atoms with Crippen molar-refractivity contribution in [1.29, 1.82) is 0 Å². The van der Waals surface area contributed by atoms with Crippen molar-refractivity contribution in [2.45, 2.75) is 146 Å². The van der Waals surface area contributed by atoms with Crippen LogP contribution in [-0.2, 0) is 0 Å². The van der Waals surface area contributed by atoms with E-state index in [0.717, 1.165) is 41.4 Å². The third-order valence-electron chi connectivity index (χ3n) is 16.3. The Hall–Kier alpha value is 0. The number of fused-ring (bicyclic) bond motifs is 9. The van der Waals surface area contributed by atoms with Gasteiger partial charge in [-0.05, 0) is 145 Å². The Morgan fingerprint density at radius 1 is 0.400 bits per heavy atom. The van der Waals surface area contributed by atoms with Crippen LogP contribution in [0.1, 0.15) is 146 Å². The van der Waals surface area contributed by atoms with Gasteiger partial charge in [-0.3, -0.25) is 0 Å². The van der Waals surface area contributed by atoms with Crippen LogP contribution in [0.3, 0.4) is 0 Å². The molecule has 0 saturated heterocycles. The van der Waals surface area contributed by atoms with Gasteiger partial charge in [-0.25, -0.2) is 0 Å². The van der Waals surface area contributed by atoms with Crippen LogP contribution in [0.15, 0.2) is 0 Å². The summed E-state index contributed by atoms with van der Waals surface area (Å²) in [6.45, 7) is 24.5. The number of rotatable bonds is 0. The predicted octanol–water partition coefficient (Wildman–Crippen LogP) is 10.6. The molecule has 0 radical (unpaired) electrons. The first kappa shape index (κ1) is 25.3. The van der Waals surface area contributed by atoms with Crippen molar-refractivity contribution in [3.05, 3.63) is 0 Å². The zero-order valence-corrected chi connectivity index (χ0v) is 25.2. The van der Waals surface area contributed by atoms with E-state index >= 15 is 0 Å². The van der Waals surface area contributed by atoms with Crippen LogP contribution in [0.2, 0.25) is 0 Å². The van der Waals surface area contributed by atoms with Gasteiger partial charge in [0, 0.05) is 0 Å². The monoisotopic (exact) mass is 480 g/mol. The summed E-state index contributed by atoms with van der Waals surface area (Å²) in [4.78, 5) is 0. The summed E-state index contributed by atoms with van der Waals surface area (Å²) in [6.07, 6.45) is 19.7. The van der Waals surface area contributed by atoms with Crippen molar-refractivity contribution in [3.8, 4) is 0 Å². The van der Waals surface area contributed by atoms with Crippen LogP contribution in [0.25, 0.3) is 0 Å². The van der Waals surface area contributed by atoms with Crippen LogP contribution in [-0.4, -0.2) is 0 Å². The molecular weight excluding hydrogens is 420 g/mol. The lowest BCUT2D eigenvalue weighted by Gasteiger charge is -2.74. The Kier molecular flexibility index (Phi) is 5.46. The van der Waals surface area contributed by atoms with Crippen molar-refractivity contribution in [2.75, 3.05) is 0 Å². The van der Waals surface area contributed by atoms with Gasteiger partial charge in [0.1, 0.15) is 0 Å². The first-order chi connectivity index (χ1) is 16.2. The minimum Gasteiger partial charge on any atom is -0.0622 e. The molecule has 0 aliphatic heterocycles. The molecule has 35 heavy (non-hydrogen) atoms. The van der Waals surface area contributed by atoms with Gasteiger partial charge in [0.25, 0.3) is 0 Å². The Labute approximate surface area is 219 Å². The summed E-state index contributed by atoms with van der Waals surface area (Å²) in [6, 6.07) is 0. The van der Waals surface area contributed by atoms with Crippen molar-refractivity contribution >= 4 is 0 Å². The van der Waals surface area contributed by atoms with E-state index in [-0.39, 0.29) is 0 Å². The van der Waals surface area contributed by atoms with Crippen LogP contribution in [0, 0.1) is 73.9 Å². The first-order valence-corrected chi connectivity index (χ1v) is 16.2. The second kappa shape index (κ2) is 7.56. The maximum Gasteiger partial charge on any atom is -0.0259 e. The fourth-order valence-electron chi connectivity index (χ4n) is 14.6. The lowest BCUT2D eigenvalue weighted by Crippen LogP contribution is -2.67. The van der Waals surface area contributed by atoms with Gasteiger partial charge in [0.15, 0.2) is 0 Å². The Morgan fingerprint density at radius 2 is 0.800 bits per heavy atom. The van der Waals surface area contributed by atoms with E-state index in [0.29, 0.717) is 32.5 Å². The average molecular weight is 481 g/mol. The maximum absolute atomic E-state index is 2.85. The minimum absolute atomic E-state index is 0.558. The number of hydrogen-bond donors (Lipinski definition) is 0. The van der Waals surface area contributed by atoms with Crippen LogP contribution in [0.5, 0.6) is 0 Å². The summed E-state index contributed by atoms with van der Waals surface area (Å²) in [7, 11) is 0. The van der Waals surface area contributed by atoms with E-state index in [2.05, 4.69) is 62.3 Å². The van der Waals surface area contributed by atoms with Gasteiger partial charge < -0.3 is 0 Å². The molecule has 12 atom stereocenters. The van der Waals surface area contributed by atoms with Crippen LogP contribution in [0.4, 0.5) is 0 Å². The van der Waals surface area contributed by atoms with Gasteiger partial charge in [-0.1, -0.05) is 75.2 Å². The zero-order valence-electron chi connectivity index (χ0n) is 25.2. The van der Waals surface area contributed by atoms with E-state index in [4.69, 9.17) is 0 Å². The highest BCUT2D eigenvalue weighted by Crippen LogP contribution is 2.78. The van der Waals surface area contributed by atoms with Crippen LogP contribution < -0.4 is 0 Å². The highest BCUT2D eigenvalue weighted by molar-refractivity contribution is 5.19. The molecule has 200 valence electrons. The molecule has 0 N–H and O–H groups in total. The van der Waals surface area contributed by atoms with Gasteiger partial charge in [0.05, 0.1) is 0 Å². The standard InChI is InChI=1S/C35H60/c1-23-11-12-26-31(5,24(23)2)19-14-28-33(26,7)21-16-29-34(8)20-13-25-30(3,4)17-10-18-32(25,6)27(34)15-22-35(28,29)9/h23-29H,10-22H2,1-9H3/t23-,24-,25-,26+,27+,28-,29-,31+,32-,33-,34+,35+/m0/s1. The van der Waals surface area contributed by atoms with Crippen molar-refractivity contribution in [2.24, 2.45) is 73.9 Å². The summed E-state index contributed by atoms with van der Waals surface area (Å²) in [5, 5.41) is 0. The van der Waals surface area contributed by atoms with Crippen LogP contribution >= 0.6 is 0 Å². The smallest absolute Gasteiger partial charge is 0.0259 e. The first-order valence-electron chi connectivity index (χ1n) is 16.2. The second-order valence-corrected chi connectivity index (χ2v) is 17.6. The summed E-state index contributed by atoms with van der Waals surface area (Å²) in [5.74, 6) is 6.67. The van der Waals surface area contributed by atoms with Gasteiger partial charge in [-0.2, -0.15) is 0 Å². The van der Waals surface area contributed by atoms with Crippen molar-refractivity contribution in [3.63, 3.8) is 0 Å². The molecule has 6 rings (SSSR count). The zero-order chi connectivity index (χ0) is 25.2. The molecule has 0 aromatic heterocycles. The third kappa shape index (κ3) is 3.04. The molecule has 6 fully saturated rings. The average Bonchev–Trinajstić information content (AvgIpc) is 2.75. The maximum atomic E-state index is 2.85. The fraction of sp³-hybridized carbons (Fsp3) is 1.00. The SMILES string of the molecule is C[C@H]1CC[C@H]2[C@]3(C)CC[C@@H]4[C@](C)(CC[C@H]5[C@@]4(C)CC[C@H]4C(C)(C)CCC[C@]54C)[C@H]3CC[C@]2(C)[C@H]1C. The summed E-state index contributed by atoms with van der Waals surface area (Å²) >= 11 is 0. The molecule has 0 heteroatoms. The largest absolute Gasteiger partial charge is 0.0622 e. The van der Waals surface area contributed by atoms with Gasteiger partial charge in [0.2, 0.25) is 0 Å². The molecule has 6 saturated carbocycles. The number of hydrogen-bond acceptors (Lipinski definition) is 0. The molecule has 0 bridgehead atoms. The minimum atomic E-state index is 0.558. The third-order valence-corrected chi connectivity index (χ3v) is 16.3. The Morgan fingerprint density at radius 3 is 1.31 bits per heavy atom.